The molecule has 2 heteroatoms. The van der Waals surface area contributed by atoms with Crippen LogP contribution in [0.15, 0.2) is 84.9 Å². The zero-order chi connectivity index (χ0) is 16.1. The van der Waals surface area contributed by atoms with E-state index >= 15 is 0 Å². The number of rotatable bonds is 5. The summed E-state index contributed by atoms with van der Waals surface area (Å²) in [5, 5.41) is 10.3. The smallest absolute Gasteiger partial charge is 0.0915 e. The fourth-order valence-corrected chi connectivity index (χ4v) is 3.05. The molecule has 0 aliphatic rings. The molecule has 0 heterocycles. The molecule has 3 aromatic rings. The normalized spacial score (nSPS) is 12.3. The Morgan fingerprint density at radius 3 is 1.57 bits per heavy atom. The number of nitrogens with two attached hydrogens (primary N) is 1. The van der Waals surface area contributed by atoms with Crippen molar-refractivity contribution in [2.24, 2.45) is 5.73 Å². The molecule has 0 saturated carbocycles. The molecular weight excluding hydrogens is 282 g/mol. The second-order valence-corrected chi connectivity index (χ2v) is 5.63. The highest BCUT2D eigenvalue weighted by atomic mass is 16.3. The molecule has 1 unspecified atom stereocenters. The zero-order valence-corrected chi connectivity index (χ0v) is 13.0. The largest absolute Gasteiger partial charge is 0.387 e. The van der Waals surface area contributed by atoms with Crippen LogP contribution in [0.4, 0.5) is 0 Å². The molecule has 0 aliphatic carbocycles. The van der Waals surface area contributed by atoms with Crippen molar-refractivity contribution >= 4 is 0 Å². The van der Waals surface area contributed by atoms with E-state index in [1.165, 1.54) is 11.1 Å². The molecule has 3 aromatic carbocycles. The minimum absolute atomic E-state index is 0.0785. The predicted octanol–water partition coefficient (Wildman–Crippen LogP) is 3.86. The van der Waals surface area contributed by atoms with Crippen LogP contribution in [0, 0.1) is 0 Å². The Balaban J connectivity index is 2.18. The monoisotopic (exact) mass is 303 g/mol. The maximum atomic E-state index is 10.3. The molecule has 0 amide bonds. The molecule has 0 aromatic heterocycles. The van der Waals surface area contributed by atoms with E-state index in [1.54, 1.807) is 0 Å². The van der Waals surface area contributed by atoms with Gasteiger partial charge in [0.2, 0.25) is 0 Å². The van der Waals surface area contributed by atoms with Gasteiger partial charge in [-0.1, -0.05) is 84.9 Å². The summed E-state index contributed by atoms with van der Waals surface area (Å²) < 4.78 is 0. The van der Waals surface area contributed by atoms with Crippen molar-refractivity contribution in [3.63, 3.8) is 0 Å². The molecule has 116 valence electrons. The Kier molecular flexibility index (Phi) is 4.86. The first-order valence-electron chi connectivity index (χ1n) is 7.88. The maximum Gasteiger partial charge on any atom is 0.0915 e. The molecule has 0 aliphatic heterocycles. The first-order valence-corrected chi connectivity index (χ1v) is 7.88. The topological polar surface area (TPSA) is 46.2 Å². The summed E-state index contributed by atoms with van der Waals surface area (Å²) in [5.41, 5.74) is 10.1. The van der Waals surface area contributed by atoms with Gasteiger partial charge in [-0.2, -0.15) is 0 Å². The first-order chi connectivity index (χ1) is 11.3. The van der Waals surface area contributed by atoms with Crippen molar-refractivity contribution in [2.45, 2.75) is 12.0 Å². The molecular formula is C21H21NO. The van der Waals surface area contributed by atoms with E-state index in [0.29, 0.717) is 0 Å². The third-order valence-electron chi connectivity index (χ3n) is 4.16. The highest BCUT2D eigenvalue weighted by Gasteiger charge is 2.21. The van der Waals surface area contributed by atoms with Gasteiger partial charge in [-0.05, 0) is 22.3 Å². The highest BCUT2D eigenvalue weighted by molar-refractivity contribution is 5.46. The Hall–Kier alpha value is -2.42. The van der Waals surface area contributed by atoms with Gasteiger partial charge in [0.25, 0.3) is 0 Å². The van der Waals surface area contributed by atoms with Crippen LogP contribution in [-0.2, 0) is 0 Å². The first kappa shape index (κ1) is 15.5. The summed E-state index contributed by atoms with van der Waals surface area (Å²) in [6.07, 6.45) is -0.652. The van der Waals surface area contributed by atoms with Crippen molar-refractivity contribution < 1.29 is 5.11 Å². The molecule has 0 fully saturated rings. The summed E-state index contributed by atoms with van der Waals surface area (Å²) in [7, 11) is 0. The van der Waals surface area contributed by atoms with Crippen molar-refractivity contribution in [1.29, 1.82) is 0 Å². The second kappa shape index (κ2) is 7.23. The van der Waals surface area contributed by atoms with Crippen LogP contribution >= 0.6 is 0 Å². The zero-order valence-electron chi connectivity index (χ0n) is 13.0. The SMILES string of the molecule is NCC(O)c1ccccc1C(c1ccccc1)c1ccccc1. The van der Waals surface area contributed by atoms with Crippen LogP contribution in [0.5, 0.6) is 0 Å². The number of benzene rings is 3. The van der Waals surface area contributed by atoms with E-state index in [0.717, 1.165) is 11.1 Å². The highest BCUT2D eigenvalue weighted by Crippen LogP contribution is 2.35. The van der Waals surface area contributed by atoms with E-state index in [-0.39, 0.29) is 12.5 Å². The maximum absolute atomic E-state index is 10.3. The standard InChI is InChI=1S/C21H21NO/c22-15-20(23)18-13-7-8-14-19(18)21(16-9-3-1-4-10-16)17-11-5-2-6-12-17/h1-14,20-21,23H,15,22H2. The van der Waals surface area contributed by atoms with E-state index < -0.39 is 6.10 Å². The number of aliphatic hydroxyl groups excluding tert-OH is 1. The van der Waals surface area contributed by atoms with Crippen molar-refractivity contribution in [3.8, 4) is 0 Å². The van der Waals surface area contributed by atoms with E-state index in [4.69, 9.17) is 5.73 Å². The predicted molar refractivity (Wildman–Crippen MR) is 94.3 cm³/mol. The summed E-state index contributed by atoms with van der Waals surface area (Å²) in [5.74, 6) is 0.0785. The van der Waals surface area contributed by atoms with E-state index in [9.17, 15) is 5.11 Å². The molecule has 1 atom stereocenters. The van der Waals surface area contributed by atoms with Crippen LogP contribution in [0.1, 0.15) is 34.3 Å². The Morgan fingerprint density at radius 2 is 1.09 bits per heavy atom. The van der Waals surface area contributed by atoms with Crippen LogP contribution < -0.4 is 5.73 Å². The van der Waals surface area contributed by atoms with E-state index in [2.05, 4.69) is 30.3 Å². The lowest BCUT2D eigenvalue weighted by molar-refractivity contribution is 0.185. The Labute approximate surface area is 137 Å². The van der Waals surface area contributed by atoms with Crippen LogP contribution in [0.2, 0.25) is 0 Å². The fraction of sp³-hybridized carbons (Fsp3) is 0.143. The molecule has 3 rings (SSSR count). The van der Waals surface area contributed by atoms with E-state index in [1.807, 2.05) is 54.6 Å². The quantitative estimate of drug-likeness (QED) is 0.703. The fourth-order valence-electron chi connectivity index (χ4n) is 3.05. The minimum atomic E-state index is -0.652. The number of hydrogen-bond donors (Lipinski definition) is 2. The molecule has 23 heavy (non-hydrogen) atoms. The average Bonchev–Trinajstić information content (AvgIpc) is 2.63. The molecule has 0 saturated heterocycles. The summed E-state index contributed by atoms with van der Waals surface area (Å²) in [4.78, 5) is 0. The lowest BCUT2D eigenvalue weighted by Gasteiger charge is -2.23. The number of hydrogen-bond acceptors (Lipinski definition) is 2. The molecule has 3 N–H and O–H groups in total. The number of aliphatic hydroxyl groups is 1. The van der Waals surface area contributed by atoms with Gasteiger partial charge in [0, 0.05) is 12.5 Å². The summed E-state index contributed by atoms with van der Waals surface area (Å²) >= 11 is 0. The van der Waals surface area contributed by atoms with Gasteiger partial charge < -0.3 is 10.8 Å². The van der Waals surface area contributed by atoms with Crippen molar-refractivity contribution in [2.75, 3.05) is 6.54 Å². The Bertz CT molecular complexity index is 701. The lowest BCUT2D eigenvalue weighted by atomic mass is 9.82. The summed E-state index contributed by atoms with van der Waals surface area (Å²) in [6.45, 7) is 0.216. The average molecular weight is 303 g/mol. The van der Waals surface area contributed by atoms with Crippen LogP contribution in [0.25, 0.3) is 0 Å². The molecule has 0 spiro atoms. The van der Waals surface area contributed by atoms with Gasteiger partial charge in [-0.3, -0.25) is 0 Å². The second-order valence-electron chi connectivity index (χ2n) is 5.63. The van der Waals surface area contributed by atoms with Crippen molar-refractivity contribution in [1.82, 2.24) is 0 Å². The third-order valence-corrected chi connectivity index (χ3v) is 4.16. The molecule has 0 bridgehead atoms. The van der Waals surface area contributed by atoms with Gasteiger partial charge in [-0.25, -0.2) is 0 Å². The van der Waals surface area contributed by atoms with Gasteiger partial charge >= 0.3 is 0 Å². The lowest BCUT2D eigenvalue weighted by Crippen LogP contribution is -2.15. The van der Waals surface area contributed by atoms with Gasteiger partial charge in [0.15, 0.2) is 0 Å². The van der Waals surface area contributed by atoms with Gasteiger partial charge in [-0.15, -0.1) is 0 Å². The minimum Gasteiger partial charge on any atom is -0.387 e. The third kappa shape index (κ3) is 3.34. The summed E-state index contributed by atoms with van der Waals surface area (Å²) in [6, 6.07) is 28.8. The van der Waals surface area contributed by atoms with Crippen molar-refractivity contribution in [3.05, 3.63) is 107 Å². The van der Waals surface area contributed by atoms with Gasteiger partial charge in [0.1, 0.15) is 0 Å². The van der Waals surface area contributed by atoms with Crippen LogP contribution in [-0.4, -0.2) is 11.7 Å². The molecule has 0 radical (unpaired) electrons. The van der Waals surface area contributed by atoms with Gasteiger partial charge in [0.05, 0.1) is 6.10 Å². The molecule has 2 nitrogen and oxygen atoms in total. The Morgan fingerprint density at radius 1 is 0.652 bits per heavy atom. The van der Waals surface area contributed by atoms with Crippen LogP contribution in [0.3, 0.4) is 0 Å².